The van der Waals surface area contributed by atoms with Crippen LogP contribution in [0.25, 0.3) is 0 Å². The molecule has 1 rings (SSSR count). The number of aliphatic hydroxyl groups is 2. The van der Waals surface area contributed by atoms with E-state index in [1.54, 1.807) is 0 Å². The summed E-state index contributed by atoms with van der Waals surface area (Å²) in [5, 5.41) is 21.7. The highest BCUT2D eigenvalue weighted by molar-refractivity contribution is 5.23. The van der Waals surface area contributed by atoms with E-state index in [1.807, 2.05) is 38.1 Å². The topological polar surface area (TPSA) is 52.5 Å². The summed E-state index contributed by atoms with van der Waals surface area (Å²) in [6, 6.07) is 7.82. The van der Waals surface area contributed by atoms with Crippen LogP contribution in [-0.2, 0) is 0 Å². The zero-order valence-electron chi connectivity index (χ0n) is 9.27. The highest BCUT2D eigenvalue weighted by Crippen LogP contribution is 2.12. The third kappa shape index (κ3) is 4.00. The quantitative estimate of drug-likeness (QED) is 0.678. The molecule has 0 spiro atoms. The average Bonchev–Trinajstić information content (AvgIpc) is 2.26. The largest absolute Gasteiger partial charge is 0.395 e. The minimum atomic E-state index is -0.514. The maximum atomic E-state index is 9.81. The second-order valence-electron chi connectivity index (χ2n) is 3.92. The lowest BCUT2D eigenvalue weighted by Gasteiger charge is -2.15. The van der Waals surface area contributed by atoms with Crippen molar-refractivity contribution in [3.8, 4) is 0 Å². The van der Waals surface area contributed by atoms with Gasteiger partial charge in [0, 0.05) is 12.6 Å². The number of aliphatic hydroxyl groups excluding tert-OH is 2. The van der Waals surface area contributed by atoms with E-state index < -0.39 is 6.10 Å². The van der Waals surface area contributed by atoms with Gasteiger partial charge in [-0.1, -0.05) is 29.8 Å². The monoisotopic (exact) mass is 209 g/mol. The highest BCUT2D eigenvalue weighted by atomic mass is 16.3. The van der Waals surface area contributed by atoms with Crippen molar-refractivity contribution < 1.29 is 10.2 Å². The first-order valence-electron chi connectivity index (χ1n) is 5.22. The molecule has 0 fully saturated rings. The van der Waals surface area contributed by atoms with Gasteiger partial charge in [-0.25, -0.2) is 0 Å². The minimum absolute atomic E-state index is 0.0186. The maximum absolute atomic E-state index is 9.81. The molecule has 0 aliphatic carbocycles. The molecule has 84 valence electrons. The van der Waals surface area contributed by atoms with Crippen molar-refractivity contribution in [3.63, 3.8) is 0 Å². The second-order valence-corrected chi connectivity index (χ2v) is 3.92. The lowest BCUT2D eigenvalue weighted by atomic mass is 10.1. The Morgan fingerprint density at radius 3 is 2.40 bits per heavy atom. The third-order valence-corrected chi connectivity index (χ3v) is 2.40. The molecule has 0 aliphatic heterocycles. The van der Waals surface area contributed by atoms with E-state index >= 15 is 0 Å². The fourth-order valence-corrected chi connectivity index (χ4v) is 1.28. The van der Waals surface area contributed by atoms with Crippen molar-refractivity contribution in [1.82, 2.24) is 5.32 Å². The number of hydrogen-bond donors (Lipinski definition) is 3. The van der Waals surface area contributed by atoms with Gasteiger partial charge in [-0.05, 0) is 19.4 Å². The van der Waals surface area contributed by atoms with Crippen molar-refractivity contribution in [2.75, 3.05) is 13.2 Å². The zero-order chi connectivity index (χ0) is 11.3. The Hall–Kier alpha value is -0.900. The van der Waals surface area contributed by atoms with Crippen LogP contribution in [0, 0.1) is 6.92 Å². The summed E-state index contributed by atoms with van der Waals surface area (Å²) in [6.45, 7) is 4.44. The van der Waals surface area contributed by atoms with E-state index in [2.05, 4.69) is 5.32 Å². The van der Waals surface area contributed by atoms with Crippen LogP contribution in [0.1, 0.15) is 24.2 Å². The summed E-state index contributed by atoms with van der Waals surface area (Å²) in [6.07, 6.45) is -0.514. The van der Waals surface area contributed by atoms with E-state index in [-0.39, 0.29) is 12.6 Å². The van der Waals surface area contributed by atoms with Crippen molar-refractivity contribution in [3.05, 3.63) is 35.4 Å². The van der Waals surface area contributed by atoms with Gasteiger partial charge in [0.15, 0.2) is 0 Å². The van der Waals surface area contributed by atoms with E-state index in [0.717, 1.165) is 5.56 Å². The van der Waals surface area contributed by atoms with Gasteiger partial charge in [0.25, 0.3) is 0 Å². The molecule has 0 saturated carbocycles. The van der Waals surface area contributed by atoms with Gasteiger partial charge >= 0.3 is 0 Å². The molecule has 1 aromatic rings. The molecule has 0 amide bonds. The number of rotatable bonds is 5. The van der Waals surface area contributed by atoms with E-state index in [0.29, 0.717) is 6.54 Å². The molecule has 1 unspecified atom stereocenters. The Labute approximate surface area is 90.8 Å². The van der Waals surface area contributed by atoms with Crippen LogP contribution in [0.4, 0.5) is 0 Å². The summed E-state index contributed by atoms with van der Waals surface area (Å²) in [7, 11) is 0. The van der Waals surface area contributed by atoms with Gasteiger partial charge in [0.2, 0.25) is 0 Å². The molecule has 0 aliphatic rings. The number of hydrogen-bond acceptors (Lipinski definition) is 3. The van der Waals surface area contributed by atoms with Crippen molar-refractivity contribution in [1.29, 1.82) is 0 Å². The standard InChI is InChI=1S/C12H19NO2/c1-9-3-5-11(6-4-9)12(15)7-13-10(2)8-14/h3-6,10,12-15H,7-8H2,1-2H3/t10-,12?/m1/s1. The summed E-state index contributed by atoms with van der Waals surface area (Å²) >= 11 is 0. The Balaban J connectivity index is 2.46. The summed E-state index contributed by atoms with van der Waals surface area (Å²) < 4.78 is 0. The van der Waals surface area contributed by atoms with Crippen LogP contribution in [-0.4, -0.2) is 29.4 Å². The van der Waals surface area contributed by atoms with Crippen LogP contribution in [0.5, 0.6) is 0 Å². The predicted octanol–water partition coefficient (Wildman–Crippen LogP) is 0.999. The molecule has 3 N–H and O–H groups in total. The Bertz CT molecular complexity index is 284. The lowest BCUT2D eigenvalue weighted by molar-refractivity contribution is 0.161. The fourth-order valence-electron chi connectivity index (χ4n) is 1.28. The minimum Gasteiger partial charge on any atom is -0.395 e. The van der Waals surface area contributed by atoms with Crippen LogP contribution in [0.3, 0.4) is 0 Å². The van der Waals surface area contributed by atoms with E-state index in [4.69, 9.17) is 5.11 Å². The van der Waals surface area contributed by atoms with Gasteiger partial charge in [0.1, 0.15) is 0 Å². The molecule has 0 bridgehead atoms. The molecular weight excluding hydrogens is 190 g/mol. The van der Waals surface area contributed by atoms with E-state index in [1.165, 1.54) is 5.56 Å². The van der Waals surface area contributed by atoms with Crippen molar-refractivity contribution in [2.45, 2.75) is 26.0 Å². The Morgan fingerprint density at radius 2 is 1.87 bits per heavy atom. The molecule has 0 heterocycles. The van der Waals surface area contributed by atoms with Gasteiger partial charge in [-0.15, -0.1) is 0 Å². The molecular formula is C12H19NO2. The van der Waals surface area contributed by atoms with Gasteiger partial charge in [-0.2, -0.15) is 0 Å². The molecule has 15 heavy (non-hydrogen) atoms. The number of nitrogens with one attached hydrogen (secondary N) is 1. The molecule has 3 heteroatoms. The third-order valence-electron chi connectivity index (χ3n) is 2.40. The predicted molar refractivity (Wildman–Crippen MR) is 60.7 cm³/mol. The van der Waals surface area contributed by atoms with Crippen molar-refractivity contribution >= 4 is 0 Å². The zero-order valence-corrected chi connectivity index (χ0v) is 9.27. The lowest BCUT2D eigenvalue weighted by Crippen LogP contribution is -2.32. The molecule has 0 radical (unpaired) electrons. The molecule has 2 atom stereocenters. The first kappa shape index (κ1) is 12.2. The van der Waals surface area contributed by atoms with Gasteiger partial charge in [-0.3, -0.25) is 0 Å². The van der Waals surface area contributed by atoms with Gasteiger partial charge < -0.3 is 15.5 Å². The molecule has 3 nitrogen and oxygen atoms in total. The normalized spacial score (nSPS) is 14.9. The SMILES string of the molecule is Cc1ccc(C(O)CN[C@H](C)CO)cc1. The summed E-state index contributed by atoms with van der Waals surface area (Å²) in [5.74, 6) is 0. The van der Waals surface area contributed by atoms with Gasteiger partial charge in [0.05, 0.1) is 12.7 Å². The number of benzene rings is 1. The van der Waals surface area contributed by atoms with E-state index in [9.17, 15) is 5.11 Å². The smallest absolute Gasteiger partial charge is 0.0914 e. The average molecular weight is 209 g/mol. The van der Waals surface area contributed by atoms with Crippen LogP contribution in [0.15, 0.2) is 24.3 Å². The molecule has 1 aromatic carbocycles. The van der Waals surface area contributed by atoms with Crippen LogP contribution in [0.2, 0.25) is 0 Å². The summed E-state index contributed by atoms with van der Waals surface area (Å²) in [4.78, 5) is 0. The van der Waals surface area contributed by atoms with Crippen molar-refractivity contribution in [2.24, 2.45) is 0 Å². The molecule has 0 aromatic heterocycles. The Morgan fingerprint density at radius 1 is 1.27 bits per heavy atom. The number of aryl methyl sites for hydroxylation is 1. The summed E-state index contributed by atoms with van der Waals surface area (Å²) in [5.41, 5.74) is 2.08. The Kier molecular flexibility index (Phi) is 4.75. The first-order valence-corrected chi connectivity index (χ1v) is 5.22. The van der Waals surface area contributed by atoms with Crippen LogP contribution < -0.4 is 5.32 Å². The maximum Gasteiger partial charge on any atom is 0.0914 e. The fraction of sp³-hybridized carbons (Fsp3) is 0.500. The highest BCUT2D eigenvalue weighted by Gasteiger charge is 2.08. The van der Waals surface area contributed by atoms with Crippen LogP contribution >= 0.6 is 0 Å². The molecule has 0 saturated heterocycles. The second kappa shape index (κ2) is 5.85. The first-order chi connectivity index (χ1) is 7.13.